The van der Waals surface area contributed by atoms with Gasteiger partial charge in [0, 0.05) is 16.6 Å². The molecular weight excluding hydrogens is 270 g/mol. The summed E-state index contributed by atoms with van der Waals surface area (Å²) in [6.45, 7) is 7.06. The molecule has 1 amide bonds. The summed E-state index contributed by atoms with van der Waals surface area (Å²) in [7, 11) is 0. The van der Waals surface area contributed by atoms with Crippen LogP contribution in [0.4, 0.5) is 0 Å². The topological polar surface area (TPSA) is 29.1 Å². The first kappa shape index (κ1) is 13.9. The van der Waals surface area contributed by atoms with Crippen molar-refractivity contribution < 1.29 is 4.79 Å². The Morgan fingerprint density at radius 3 is 2.40 bits per heavy atom. The van der Waals surface area contributed by atoms with E-state index in [1.54, 1.807) is 24.3 Å². The molecule has 2 saturated carbocycles. The van der Waals surface area contributed by atoms with E-state index in [1.807, 2.05) is 0 Å². The van der Waals surface area contributed by atoms with Gasteiger partial charge in [-0.3, -0.25) is 4.79 Å². The Labute approximate surface area is 125 Å². The zero-order chi connectivity index (χ0) is 14.5. The second-order valence-electron chi connectivity index (χ2n) is 7.14. The zero-order valence-corrected chi connectivity index (χ0v) is 13.1. The Kier molecular flexibility index (Phi) is 3.13. The Morgan fingerprint density at radius 2 is 1.90 bits per heavy atom. The minimum Gasteiger partial charge on any atom is -0.349 e. The van der Waals surface area contributed by atoms with E-state index in [0.29, 0.717) is 22.0 Å². The van der Waals surface area contributed by atoms with Crippen molar-refractivity contribution in [1.82, 2.24) is 5.32 Å². The fourth-order valence-electron chi connectivity index (χ4n) is 4.26. The van der Waals surface area contributed by atoms with Crippen LogP contribution in [0, 0.1) is 16.7 Å². The van der Waals surface area contributed by atoms with Gasteiger partial charge in [-0.2, -0.15) is 0 Å². The first-order valence-corrected chi connectivity index (χ1v) is 7.79. The van der Waals surface area contributed by atoms with Crippen LogP contribution in [0.1, 0.15) is 50.4 Å². The van der Waals surface area contributed by atoms with Crippen molar-refractivity contribution in [2.45, 2.75) is 46.1 Å². The van der Waals surface area contributed by atoms with E-state index in [9.17, 15) is 4.79 Å². The summed E-state index contributed by atoms with van der Waals surface area (Å²) < 4.78 is 0. The molecule has 0 aromatic heterocycles. The second-order valence-corrected chi connectivity index (χ2v) is 7.58. The summed E-state index contributed by atoms with van der Waals surface area (Å²) in [6.07, 6.45) is 3.63. The molecule has 20 heavy (non-hydrogen) atoms. The number of hydrogen-bond acceptors (Lipinski definition) is 1. The lowest BCUT2D eigenvalue weighted by molar-refractivity contribution is 0.0826. The molecule has 3 rings (SSSR count). The van der Waals surface area contributed by atoms with Gasteiger partial charge in [0.05, 0.1) is 0 Å². The number of rotatable bonds is 2. The van der Waals surface area contributed by atoms with E-state index >= 15 is 0 Å². The van der Waals surface area contributed by atoms with Gasteiger partial charge in [0.1, 0.15) is 0 Å². The summed E-state index contributed by atoms with van der Waals surface area (Å²) in [4.78, 5) is 12.4. The van der Waals surface area contributed by atoms with Crippen molar-refractivity contribution in [3.63, 3.8) is 0 Å². The van der Waals surface area contributed by atoms with Gasteiger partial charge in [-0.15, -0.1) is 0 Å². The van der Waals surface area contributed by atoms with Gasteiger partial charge in [0.25, 0.3) is 5.91 Å². The lowest BCUT2D eigenvalue weighted by atomic mass is 9.69. The molecule has 0 unspecified atom stereocenters. The molecule has 1 N–H and O–H groups in total. The van der Waals surface area contributed by atoms with Crippen LogP contribution in [0.3, 0.4) is 0 Å². The van der Waals surface area contributed by atoms with Crippen LogP contribution in [0.15, 0.2) is 24.3 Å². The number of benzene rings is 1. The molecule has 0 aliphatic heterocycles. The predicted molar refractivity (Wildman–Crippen MR) is 81.9 cm³/mol. The highest BCUT2D eigenvalue weighted by Gasteiger charge is 2.61. The smallest absolute Gasteiger partial charge is 0.251 e. The summed E-state index contributed by atoms with van der Waals surface area (Å²) >= 11 is 5.87. The molecule has 2 fully saturated rings. The van der Waals surface area contributed by atoms with Gasteiger partial charge in [-0.1, -0.05) is 32.4 Å². The molecular formula is C17H22ClNO. The van der Waals surface area contributed by atoms with Gasteiger partial charge in [-0.25, -0.2) is 0 Å². The molecule has 0 saturated heterocycles. The third-order valence-corrected chi connectivity index (χ3v) is 6.46. The van der Waals surface area contributed by atoms with Crippen molar-refractivity contribution >= 4 is 17.5 Å². The Balaban J connectivity index is 1.76. The maximum atomic E-state index is 12.4. The fourth-order valence-corrected chi connectivity index (χ4v) is 4.39. The van der Waals surface area contributed by atoms with E-state index in [2.05, 4.69) is 26.1 Å². The maximum absolute atomic E-state index is 12.4. The summed E-state index contributed by atoms with van der Waals surface area (Å²) in [5.41, 5.74) is 1.24. The molecule has 2 bridgehead atoms. The molecule has 108 valence electrons. The lowest BCUT2D eigenvalue weighted by Gasteiger charge is -2.39. The normalized spacial score (nSPS) is 34.2. The van der Waals surface area contributed by atoms with E-state index < -0.39 is 0 Å². The van der Waals surface area contributed by atoms with Gasteiger partial charge in [0.2, 0.25) is 0 Å². The van der Waals surface area contributed by atoms with Crippen LogP contribution in [0.25, 0.3) is 0 Å². The van der Waals surface area contributed by atoms with Crippen LogP contribution in [0.5, 0.6) is 0 Å². The molecule has 2 nitrogen and oxygen atoms in total. The standard InChI is InChI=1S/C17H22ClNO/c1-16(2)12-8-9-17(16,3)14(10-12)19-15(20)11-4-6-13(18)7-5-11/h4-7,12,14H,8-10H2,1-3H3,(H,19,20)/t12-,14+,17-/m0/s1. The molecule has 3 atom stereocenters. The Morgan fingerprint density at radius 1 is 1.25 bits per heavy atom. The Bertz CT molecular complexity index is 536. The molecule has 0 radical (unpaired) electrons. The molecule has 0 spiro atoms. The summed E-state index contributed by atoms with van der Waals surface area (Å²) in [5.74, 6) is 0.763. The van der Waals surface area contributed by atoms with Crippen molar-refractivity contribution in [3.05, 3.63) is 34.9 Å². The number of carbonyl (C=O) groups excluding carboxylic acids is 1. The summed E-state index contributed by atoms with van der Waals surface area (Å²) in [6, 6.07) is 7.40. The van der Waals surface area contributed by atoms with Gasteiger partial charge in [0.15, 0.2) is 0 Å². The first-order chi connectivity index (χ1) is 9.34. The van der Waals surface area contributed by atoms with Crippen LogP contribution in [0.2, 0.25) is 5.02 Å². The minimum absolute atomic E-state index is 0.0243. The number of hydrogen-bond donors (Lipinski definition) is 1. The maximum Gasteiger partial charge on any atom is 0.251 e. The number of halogens is 1. The average Bonchev–Trinajstić information content (AvgIpc) is 2.72. The van der Waals surface area contributed by atoms with Crippen LogP contribution >= 0.6 is 11.6 Å². The van der Waals surface area contributed by atoms with E-state index in [1.165, 1.54) is 12.8 Å². The number of amides is 1. The van der Waals surface area contributed by atoms with Crippen molar-refractivity contribution in [1.29, 1.82) is 0 Å². The highest BCUT2D eigenvalue weighted by Crippen LogP contribution is 2.65. The molecule has 2 aliphatic rings. The zero-order valence-electron chi connectivity index (χ0n) is 12.4. The largest absolute Gasteiger partial charge is 0.349 e. The average molecular weight is 292 g/mol. The lowest BCUT2D eigenvalue weighted by Crippen LogP contribution is -2.46. The van der Waals surface area contributed by atoms with Crippen LogP contribution in [-0.2, 0) is 0 Å². The monoisotopic (exact) mass is 291 g/mol. The minimum atomic E-state index is 0.0243. The highest BCUT2D eigenvalue weighted by atomic mass is 35.5. The third-order valence-electron chi connectivity index (χ3n) is 6.21. The molecule has 3 heteroatoms. The molecule has 1 aromatic rings. The number of fused-ring (bicyclic) bond motifs is 2. The SMILES string of the molecule is CC1(C)[C@H]2CC[C@@]1(C)[C@H](NC(=O)c1ccc(Cl)cc1)C2. The van der Waals surface area contributed by atoms with Crippen molar-refractivity contribution in [2.75, 3.05) is 0 Å². The van der Waals surface area contributed by atoms with E-state index in [0.717, 1.165) is 12.3 Å². The number of nitrogens with one attached hydrogen (secondary N) is 1. The molecule has 2 aliphatic carbocycles. The number of carbonyl (C=O) groups is 1. The first-order valence-electron chi connectivity index (χ1n) is 7.41. The summed E-state index contributed by atoms with van der Waals surface area (Å²) in [5, 5.41) is 3.92. The Hall–Kier alpha value is -1.02. The van der Waals surface area contributed by atoms with Crippen LogP contribution in [-0.4, -0.2) is 11.9 Å². The predicted octanol–water partition coefficient (Wildman–Crippen LogP) is 4.28. The molecule has 0 heterocycles. The van der Waals surface area contributed by atoms with Gasteiger partial charge >= 0.3 is 0 Å². The van der Waals surface area contributed by atoms with Gasteiger partial charge < -0.3 is 5.32 Å². The molecule has 1 aromatic carbocycles. The quantitative estimate of drug-likeness (QED) is 0.865. The van der Waals surface area contributed by atoms with Crippen molar-refractivity contribution in [3.8, 4) is 0 Å². The van der Waals surface area contributed by atoms with E-state index in [4.69, 9.17) is 11.6 Å². The van der Waals surface area contributed by atoms with E-state index in [-0.39, 0.29) is 11.3 Å². The third kappa shape index (κ3) is 1.88. The van der Waals surface area contributed by atoms with Gasteiger partial charge in [-0.05, 0) is 60.3 Å². The highest BCUT2D eigenvalue weighted by molar-refractivity contribution is 6.30. The van der Waals surface area contributed by atoms with Crippen molar-refractivity contribution in [2.24, 2.45) is 16.7 Å². The fraction of sp³-hybridized carbons (Fsp3) is 0.588. The second kappa shape index (κ2) is 4.49. The van der Waals surface area contributed by atoms with Crippen LogP contribution < -0.4 is 5.32 Å².